The van der Waals surface area contributed by atoms with E-state index in [1.165, 1.54) is 14.1 Å². The molecule has 0 saturated carbocycles. The van der Waals surface area contributed by atoms with Gasteiger partial charge in [0.1, 0.15) is 6.10 Å². The van der Waals surface area contributed by atoms with Crippen LogP contribution in [0.1, 0.15) is 12.8 Å². The number of phosphoric acid groups is 8. The molecule has 51 heteroatoms. The molecule has 81 heavy (non-hydrogen) atoms. The maximum absolute atomic E-state index is 12.7. The normalized spacial score (nSPS) is 20.2. The highest BCUT2D eigenvalue weighted by atomic mass is 31.2. The Morgan fingerprint density at radius 3 is 0.864 bits per heavy atom. The average Bonchev–Trinajstić information content (AvgIpc) is 3.35. The average molecular weight is 1380 g/mol. The fraction of sp³-hybridized carbons (Fsp3) is 1.00. The maximum Gasteiger partial charge on any atom is 0.472 e. The van der Waals surface area contributed by atoms with Crippen molar-refractivity contribution in [2.24, 2.45) is 0 Å². The Balaban J connectivity index is 4.86. The molecule has 0 bridgehead atoms. The molecule has 0 aliphatic heterocycles. The van der Waals surface area contributed by atoms with Crippen LogP contribution in [0.3, 0.4) is 0 Å². The van der Waals surface area contributed by atoms with E-state index in [9.17, 15) is 85.3 Å². The lowest BCUT2D eigenvalue weighted by atomic mass is 10.3. The first-order chi connectivity index (χ1) is 37.5. The second kappa shape index (κ2) is 42.6. The van der Waals surface area contributed by atoms with Crippen LogP contribution in [0.2, 0.25) is 0 Å². The van der Waals surface area contributed by atoms with Gasteiger partial charge in [0.15, 0.2) is 0 Å². The first-order valence-electron chi connectivity index (χ1n) is 22.8. The van der Waals surface area contributed by atoms with Gasteiger partial charge < -0.3 is 67.9 Å². The quantitative estimate of drug-likeness (QED) is 0.0222. The van der Waals surface area contributed by atoms with Gasteiger partial charge in [-0.1, -0.05) is 0 Å². The molecule has 13 N–H and O–H groups in total. The lowest BCUT2D eigenvalue weighted by molar-refractivity contribution is -0.00855. The third-order valence-electron chi connectivity index (χ3n) is 7.74. The predicted octanol–water partition coefficient (Wildman–Crippen LogP) is 0.346. The summed E-state index contributed by atoms with van der Waals surface area (Å²) >= 11 is 0. The summed E-state index contributed by atoms with van der Waals surface area (Å²) < 4.78 is 204. The van der Waals surface area contributed by atoms with Gasteiger partial charge >= 0.3 is 70.2 Å². The molecule has 42 nitrogen and oxygen atoms in total. The Kier molecular flexibility index (Phi) is 43.0. The van der Waals surface area contributed by atoms with E-state index in [0.717, 1.165) is 6.66 Å². The molecular weight excluding hydrogens is 1310 g/mol. The highest BCUT2D eigenvalue weighted by Gasteiger charge is 2.34. The summed E-state index contributed by atoms with van der Waals surface area (Å²) in [6, 6.07) is 0. The lowest BCUT2D eigenvalue weighted by Gasteiger charge is -2.23. The van der Waals surface area contributed by atoms with Crippen molar-refractivity contribution in [3.8, 4) is 0 Å². The number of phosphoric ester groups is 8. The minimum Gasteiger partial charge on any atom is -0.394 e. The topological polar surface area (TPSA) is 577 Å². The molecule has 0 radical (unpaired) electrons. The molecule has 12 atom stereocenters. The second-order valence-corrected chi connectivity index (χ2v) is 28.1. The van der Waals surface area contributed by atoms with Crippen LogP contribution in [0.4, 0.5) is 0 Å². The lowest BCUT2D eigenvalue weighted by Crippen LogP contribution is -2.27. The number of nitrogens with one attached hydrogen (secondary N) is 3. The standard InChI is InChI=1S/C30H74N3O39P9/c1-31-25-53-7-5-28(21-34)70-79(47,48)66-19-17-62-76(41,42)60-14-13-58-74(37,38)57-11-12-59-75(39,40)61-15-16-63-77(43,44)68-23-29(6-8-54-26-32-2)71-80(49,50)67-20-18-64-78(45,46)69-24-30(22-55-27-33-3)72-81(51,52)65-10-9-56-73(4,35)36/h28-34H,5-27H2,1-4H3,(H,35,36)(H,37,38)(H,39,40)(H,41,42)(H,43,44)(H,45,46)(H,47,48)(H,49,50)(H,51,52). The van der Waals surface area contributed by atoms with E-state index in [1.54, 1.807) is 7.05 Å². The summed E-state index contributed by atoms with van der Waals surface area (Å²) in [6.07, 6.45) is -4.56. The Morgan fingerprint density at radius 2 is 0.556 bits per heavy atom. The highest BCUT2D eigenvalue weighted by Crippen LogP contribution is 2.52. The van der Waals surface area contributed by atoms with Crippen molar-refractivity contribution in [1.82, 2.24) is 16.0 Å². The van der Waals surface area contributed by atoms with Crippen molar-refractivity contribution >= 4 is 70.2 Å². The summed E-state index contributed by atoms with van der Waals surface area (Å²) in [6.45, 7) is -12.4. The van der Waals surface area contributed by atoms with E-state index in [4.69, 9.17) is 46.2 Å². The van der Waals surface area contributed by atoms with E-state index >= 15 is 0 Å². The Morgan fingerprint density at radius 1 is 0.309 bits per heavy atom. The molecule has 0 saturated heterocycles. The minimum atomic E-state index is -5.15. The number of aliphatic hydroxyl groups is 1. The number of hydrogen-bond acceptors (Lipinski definition) is 33. The maximum atomic E-state index is 12.7. The van der Waals surface area contributed by atoms with Gasteiger partial charge in [-0.2, -0.15) is 0 Å². The van der Waals surface area contributed by atoms with Gasteiger partial charge in [0.25, 0.3) is 0 Å². The second-order valence-electron chi connectivity index (χ2n) is 14.8. The summed E-state index contributed by atoms with van der Waals surface area (Å²) in [7, 11) is -39.2. The molecule has 0 aromatic carbocycles. The van der Waals surface area contributed by atoms with E-state index in [2.05, 4.69) is 65.7 Å². The van der Waals surface area contributed by atoms with Gasteiger partial charge in [-0.05, 0) is 34.0 Å². The van der Waals surface area contributed by atoms with Gasteiger partial charge in [-0.3, -0.25) is 92.9 Å². The van der Waals surface area contributed by atoms with E-state index in [1.807, 2.05) is 0 Å². The molecule has 488 valence electrons. The van der Waals surface area contributed by atoms with Gasteiger partial charge in [0.2, 0.25) is 0 Å². The van der Waals surface area contributed by atoms with Crippen molar-refractivity contribution in [2.75, 3.05) is 167 Å². The molecule has 0 aliphatic rings. The smallest absolute Gasteiger partial charge is 0.394 e. The first kappa shape index (κ1) is 81.8. The Hall–Kier alpha value is 0.750. The Labute approximate surface area is 464 Å². The van der Waals surface area contributed by atoms with Crippen molar-refractivity contribution in [3.63, 3.8) is 0 Å². The van der Waals surface area contributed by atoms with Crippen LogP contribution in [0.15, 0.2) is 0 Å². The van der Waals surface area contributed by atoms with Crippen molar-refractivity contribution < 1.29 is 181 Å². The fourth-order valence-electron chi connectivity index (χ4n) is 4.61. The molecule has 0 aromatic heterocycles. The zero-order chi connectivity index (χ0) is 61.8. The summed E-state index contributed by atoms with van der Waals surface area (Å²) in [4.78, 5) is 88.8. The fourth-order valence-corrected chi connectivity index (χ4v) is 11.2. The zero-order valence-corrected chi connectivity index (χ0v) is 51.9. The molecule has 0 heterocycles. The Bertz CT molecular complexity index is 2150. The largest absolute Gasteiger partial charge is 0.472 e. The third-order valence-corrected chi connectivity index (χ3v) is 16.6. The SMILES string of the molecule is CNCOCCC(CO)OP(=O)(O)OCCOP(=O)(O)OCCOP(=O)(O)OCCOP(=O)(O)OCCOP(=O)(O)OCC(CCOCNC)OP(=O)(O)OCCOP(=O)(O)OCC(COCNC)OP(=O)(O)OCCOP(C)(=O)O. The van der Waals surface area contributed by atoms with Crippen LogP contribution in [-0.4, -0.2) is 234 Å². The first-order valence-corrected chi connectivity index (χ1v) is 36.8. The minimum absolute atomic E-state index is 0.0192. The summed E-state index contributed by atoms with van der Waals surface area (Å²) in [5, 5.41) is 17.2. The van der Waals surface area contributed by atoms with Crippen molar-refractivity contribution in [2.45, 2.75) is 31.2 Å². The number of ether oxygens (including phenoxy) is 3. The van der Waals surface area contributed by atoms with Crippen LogP contribution < -0.4 is 16.0 Å². The van der Waals surface area contributed by atoms with E-state index < -0.39 is 194 Å². The van der Waals surface area contributed by atoms with Crippen LogP contribution in [-0.2, 0) is 132 Å². The summed E-state index contributed by atoms with van der Waals surface area (Å²) in [5.41, 5.74) is 0. The molecule has 0 spiro atoms. The number of aliphatic hydroxyl groups excluding tert-OH is 1. The monoisotopic (exact) mass is 1380 g/mol. The van der Waals surface area contributed by atoms with E-state index in [-0.39, 0.29) is 46.2 Å². The highest BCUT2D eigenvalue weighted by molar-refractivity contribution is 7.52. The number of hydrogen-bond donors (Lipinski definition) is 13. The zero-order valence-electron chi connectivity index (χ0n) is 43.8. The van der Waals surface area contributed by atoms with Gasteiger partial charge in [-0.25, -0.2) is 36.5 Å². The van der Waals surface area contributed by atoms with E-state index in [0.29, 0.717) is 0 Å². The summed E-state index contributed by atoms with van der Waals surface area (Å²) in [5.74, 6) is 0. The van der Waals surface area contributed by atoms with Crippen LogP contribution in [0, 0.1) is 0 Å². The molecule has 0 aromatic rings. The molecule has 0 aliphatic carbocycles. The van der Waals surface area contributed by atoms with Gasteiger partial charge in [0, 0.05) is 6.66 Å². The van der Waals surface area contributed by atoms with Crippen LogP contribution >= 0.6 is 70.2 Å². The molecule has 0 amide bonds. The van der Waals surface area contributed by atoms with Crippen molar-refractivity contribution in [3.05, 3.63) is 0 Å². The van der Waals surface area contributed by atoms with Crippen LogP contribution in [0.5, 0.6) is 0 Å². The number of rotatable bonds is 57. The predicted molar refractivity (Wildman–Crippen MR) is 268 cm³/mol. The van der Waals surface area contributed by atoms with Crippen molar-refractivity contribution in [1.29, 1.82) is 0 Å². The van der Waals surface area contributed by atoms with Gasteiger partial charge in [-0.15, -0.1) is 0 Å². The van der Waals surface area contributed by atoms with Gasteiger partial charge in [0.05, 0.1) is 151 Å². The van der Waals surface area contributed by atoms with Crippen LogP contribution in [0.25, 0.3) is 0 Å². The molecule has 0 rings (SSSR count). The third kappa shape index (κ3) is 49.3. The molecular formula is C30H74N3O39P9. The molecule has 12 unspecified atom stereocenters. The molecule has 0 fully saturated rings.